The molecule has 1 aromatic rings. The second-order valence-corrected chi connectivity index (χ2v) is 6.71. The smallest absolute Gasteiger partial charge is 0.119 e. The highest BCUT2D eigenvalue weighted by Gasteiger charge is 2.46. The fourth-order valence-electron chi connectivity index (χ4n) is 3.94. The van der Waals surface area contributed by atoms with Crippen molar-refractivity contribution in [3.05, 3.63) is 29.3 Å². The third-order valence-corrected chi connectivity index (χ3v) is 5.41. The lowest BCUT2D eigenvalue weighted by molar-refractivity contribution is 0.0710. The van der Waals surface area contributed by atoms with E-state index in [4.69, 9.17) is 10.5 Å². The van der Waals surface area contributed by atoms with Crippen LogP contribution in [0.3, 0.4) is 0 Å². The first-order chi connectivity index (χ1) is 9.55. The van der Waals surface area contributed by atoms with Crippen LogP contribution in [0.2, 0.25) is 0 Å². The van der Waals surface area contributed by atoms with Crippen LogP contribution in [-0.2, 0) is 6.42 Å². The van der Waals surface area contributed by atoms with Crippen LogP contribution in [0, 0.1) is 5.41 Å². The molecule has 1 spiro atoms. The van der Waals surface area contributed by atoms with Crippen molar-refractivity contribution in [2.75, 3.05) is 20.2 Å². The molecule has 1 aromatic carbocycles. The van der Waals surface area contributed by atoms with Gasteiger partial charge < -0.3 is 15.4 Å². The van der Waals surface area contributed by atoms with Gasteiger partial charge in [0, 0.05) is 12.1 Å². The Balaban J connectivity index is 1.81. The molecule has 3 heteroatoms. The number of piperidine rings is 1. The van der Waals surface area contributed by atoms with Gasteiger partial charge in [-0.25, -0.2) is 0 Å². The Hall–Kier alpha value is -1.06. The van der Waals surface area contributed by atoms with Gasteiger partial charge in [-0.05, 0) is 74.9 Å². The first-order valence-electron chi connectivity index (χ1n) is 7.72. The molecule has 1 heterocycles. The molecular weight excluding hydrogens is 248 g/mol. The second-order valence-electron chi connectivity index (χ2n) is 6.71. The molecule has 0 unspecified atom stereocenters. The lowest BCUT2D eigenvalue weighted by Gasteiger charge is -2.43. The number of nitrogens with two attached hydrogens (primary N) is 1. The largest absolute Gasteiger partial charge is 0.497 e. The molecule has 110 valence electrons. The minimum absolute atomic E-state index is 0.168. The zero-order chi connectivity index (χ0) is 14.3. The Morgan fingerprint density at radius 2 is 2.00 bits per heavy atom. The fourth-order valence-corrected chi connectivity index (χ4v) is 3.94. The van der Waals surface area contributed by atoms with Gasteiger partial charge in [-0.15, -0.1) is 0 Å². The molecule has 1 fully saturated rings. The summed E-state index contributed by atoms with van der Waals surface area (Å²) < 4.78 is 5.35. The molecule has 0 saturated carbocycles. The molecule has 1 atom stereocenters. The van der Waals surface area contributed by atoms with Gasteiger partial charge in [0.15, 0.2) is 0 Å². The first-order valence-corrected chi connectivity index (χ1v) is 7.72. The average Bonchev–Trinajstić information content (AvgIpc) is 2.72. The van der Waals surface area contributed by atoms with Crippen molar-refractivity contribution in [3.8, 4) is 5.75 Å². The van der Waals surface area contributed by atoms with E-state index in [1.807, 2.05) is 0 Å². The predicted octanol–water partition coefficient (Wildman–Crippen LogP) is 2.74. The maximum absolute atomic E-state index is 6.63. The molecule has 1 saturated heterocycles. The van der Waals surface area contributed by atoms with Crippen LogP contribution < -0.4 is 10.5 Å². The first kappa shape index (κ1) is 13.9. The minimum Gasteiger partial charge on any atom is -0.497 e. The number of nitrogens with zero attached hydrogens (tertiary/aromatic N) is 1. The van der Waals surface area contributed by atoms with E-state index < -0.39 is 0 Å². The highest BCUT2D eigenvalue weighted by Crippen LogP contribution is 2.51. The monoisotopic (exact) mass is 274 g/mol. The third-order valence-electron chi connectivity index (χ3n) is 5.41. The van der Waals surface area contributed by atoms with Crippen LogP contribution in [-0.4, -0.2) is 31.1 Å². The third kappa shape index (κ3) is 2.13. The van der Waals surface area contributed by atoms with Crippen LogP contribution in [0.1, 0.15) is 43.9 Å². The zero-order valence-corrected chi connectivity index (χ0v) is 12.9. The molecule has 2 N–H and O–H groups in total. The lowest BCUT2D eigenvalue weighted by Crippen LogP contribution is -2.46. The van der Waals surface area contributed by atoms with Crippen LogP contribution in [0.15, 0.2) is 18.2 Å². The van der Waals surface area contributed by atoms with E-state index in [2.05, 4.69) is 36.9 Å². The summed E-state index contributed by atoms with van der Waals surface area (Å²) in [4.78, 5) is 2.57. The van der Waals surface area contributed by atoms with Crippen molar-refractivity contribution in [3.63, 3.8) is 0 Å². The van der Waals surface area contributed by atoms with Gasteiger partial charge in [-0.1, -0.05) is 6.07 Å². The standard InChI is InChI=1S/C17H26N2O/c1-12(2)19-8-6-17(7-9-19)11-13-4-5-14(20-3)10-15(13)16(17)18/h4-5,10,12,16H,6-9,11,18H2,1-3H3/t16-/m1/s1. The van der Waals surface area contributed by atoms with E-state index in [1.54, 1.807) is 7.11 Å². The van der Waals surface area contributed by atoms with Crippen LogP contribution in [0.4, 0.5) is 0 Å². The molecule has 0 amide bonds. The van der Waals surface area contributed by atoms with Crippen LogP contribution in [0.5, 0.6) is 5.75 Å². The summed E-state index contributed by atoms with van der Waals surface area (Å²) in [6.07, 6.45) is 3.56. The van der Waals surface area contributed by atoms with E-state index in [9.17, 15) is 0 Å². The molecule has 1 aliphatic carbocycles. The van der Waals surface area contributed by atoms with Gasteiger partial charge in [-0.3, -0.25) is 0 Å². The number of hydrogen-bond acceptors (Lipinski definition) is 3. The van der Waals surface area contributed by atoms with Crippen molar-refractivity contribution in [1.82, 2.24) is 4.90 Å². The van der Waals surface area contributed by atoms with Crippen molar-refractivity contribution in [2.45, 2.75) is 45.2 Å². The van der Waals surface area contributed by atoms with Crippen molar-refractivity contribution >= 4 is 0 Å². The van der Waals surface area contributed by atoms with Crippen molar-refractivity contribution in [1.29, 1.82) is 0 Å². The number of methoxy groups -OCH3 is 1. The average molecular weight is 274 g/mol. The van der Waals surface area contributed by atoms with Crippen molar-refractivity contribution in [2.24, 2.45) is 11.1 Å². The Bertz CT molecular complexity index is 490. The second kappa shape index (κ2) is 5.05. The minimum atomic E-state index is 0.168. The highest BCUT2D eigenvalue weighted by atomic mass is 16.5. The van der Waals surface area contributed by atoms with Gasteiger partial charge in [0.1, 0.15) is 5.75 Å². The number of fused-ring (bicyclic) bond motifs is 1. The lowest BCUT2D eigenvalue weighted by atomic mass is 9.73. The van der Waals surface area contributed by atoms with Crippen LogP contribution in [0.25, 0.3) is 0 Å². The molecular formula is C17H26N2O. The topological polar surface area (TPSA) is 38.5 Å². The van der Waals surface area contributed by atoms with E-state index in [0.29, 0.717) is 6.04 Å². The van der Waals surface area contributed by atoms with E-state index >= 15 is 0 Å². The maximum Gasteiger partial charge on any atom is 0.119 e. The number of rotatable bonds is 2. The van der Waals surface area contributed by atoms with Gasteiger partial charge in [0.2, 0.25) is 0 Å². The van der Waals surface area contributed by atoms with E-state index in [1.165, 1.54) is 37.1 Å². The van der Waals surface area contributed by atoms with Gasteiger partial charge in [0.05, 0.1) is 7.11 Å². The van der Waals surface area contributed by atoms with Crippen molar-refractivity contribution < 1.29 is 4.74 Å². The number of benzene rings is 1. The maximum atomic E-state index is 6.63. The number of likely N-dealkylation sites (tertiary alicyclic amines) is 1. The summed E-state index contributed by atoms with van der Waals surface area (Å²) in [6, 6.07) is 7.23. The summed E-state index contributed by atoms with van der Waals surface area (Å²) >= 11 is 0. The van der Waals surface area contributed by atoms with Gasteiger partial charge in [0.25, 0.3) is 0 Å². The number of hydrogen-bond donors (Lipinski definition) is 1. The molecule has 0 aromatic heterocycles. The molecule has 3 nitrogen and oxygen atoms in total. The van der Waals surface area contributed by atoms with E-state index in [0.717, 1.165) is 12.2 Å². The summed E-state index contributed by atoms with van der Waals surface area (Å²) in [5, 5.41) is 0. The molecule has 3 rings (SSSR count). The van der Waals surface area contributed by atoms with E-state index in [-0.39, 0.29) is 11.5 Å². The quantitative estimate of drug-likeness (QED) is 0.901. The Kier molecular flexibility index (Phi) is 3.51. The Labute approximate surface area is 122 Å². The summed E-state index contributed by atoms with van der Waals surface area (Å²) in [7, 11) is 1.72. The molecule has 0 bridgehead atoms. The van der Waals surface area contributed by atoms with Gasteiger partial charge >= 0.3 is 0 Å². The molecule has 0 radical (unpaired) electrons. The highest BCUT2D eigenvalue weighted by molar-refractivity contribution is 5.43. The van der Waals surface area contributed by atoms with Crippen LogP contribution >= 0.6 is 0 Å². The summed E-state index contributed by atoms with van der Waals surface area (Å²) in [5.74, 6) is 0.927. The molecule has 20 heavy (non-hydrogen) atoms. The molecule has 1 aliphatic heterocycles. The Morgan fingerprint density at radius 3 is 2.60 bits per heavy atom. The fraction of sp³-hybridized carbons (Fsp3) is 0.647. The molecule has 2 aliphatic rings. The predicted molar refractivity (Wildman–Crippen MR) is 82.0 cm³/mol. The summed E-state index contributed by atoms with van der Waals surface area (Å²) in [6.45, 7) is 6.92. The Morgan fingerprint density at radius 1 is 1.30 bits per heavy atom. The zero-order valence-electron chi connectivity index (χ0n) is 12.9. The number of ether oxygens (including phenoxy) is 1. The SMILES string of the molecule is COc1ccc2c(c1)[C@@H](N)C1(CCN(C(C)C)CC1)C2. The van der Waals surface area contributed by atoms with Gasteiger partial charge in [-0.2, -0.15) is 0 Å². The summed E-state index contributed by atoms with van der Waals surface area (Å²) in [5.41, 5.74) is 9.64. The normalized spacial score (nSPS) is 25.1.